The minimum absolute atomic E-state index is 0.00678. The van der Waals surface area contributed by atoms with Crippen LogP contribution >= 0.6 is 0 Å². The quantitative estimate of drug-likeness (QED) is 0.518. The van der Waals surface area contributed by atoms with Crippen LogP contribution in [0.1, 0.15) is 84.8 Å². The number of carbonyl (C=O) groups is 1. The largest absolute Gasteiger partial charge is 0.443 e. The summed E-state index contributed by atoms with van der Waals surface area (Å²) in [5.74, 6) is -0.00678. The molecule has 182 valence electrons. The van der Waals surface area contributed by atoms with E-state index >= 15 is 0 Å². The van der Waals surface area contributed by atoms with E-state index in [0.29, 0.717) is 18.7 Å². The number of carbonyl (C=O) groups excluding carboxylic acids is 1. The highest BCUT2D eigenvalue weighted by Gasteiger charge is 2.44. The maximum atomic E-state index is 13.1. The Morgan fingerprint density at radius 2 is 1.79 bits per heavy atom. The molecule has 6 nitrogen and oxygen atoms in total. The van der Waals surface area contributed by atoms with Crippen molar-refractivity contribution in [1.82, 2.24) is 5.06 Å². The minimum Gasteiger partial charge on any atom is -0.443 e. The van der Waals surface area contributed by atoms with Crippen molar-refractivity contribution in [3.63, 3.8) is 0 Å². The average Bonchev–Trinajstić information content (AvgIpc) is 3.10. The summed E-state index contributed by atoms with van der Waals surface area (Å²) in [4.78, 5) is 21.4. The molecule has 0 radical (unpaired) electrons. The average molecular weight is 464 g/mol. The van der Waals surface area contributed by atoms with Crippen LogP contribution in [0.5, 0.6) is 0 Å². The zero-order chi connectivity index (χ0) is 24.9. The number of fused-ring (bicyclic) bond motifs is 3. The lowest BCUT2D eigenvalue weighted by Gasteiger charge is -2.51. The molecule has 0 spiro atoms. The van der Waals surface area contributed by atoms with E-state index in [1.54, 1.807) is 4.90 Å². The van der Waals surface area contributed by atoms with Crippen molar-refractivity contribution >= 4 is 22.6 Å². The van der Waals surface area contributed by atoms with Gasteiger partial charge in [0.1, 0.15) is 5.60 Å². The lowest BCUT2D eigenvalue weighted by Crippen LogP contribution is -2.58. The summed E-state index contributed by atoms with van der Waals surface area (Å²) in [7, 11) is 0. The maximum absolute atomic E-state index is 13.1. The molecule has 0 bridgehead atoms. The van der Waals surface area contributed by atoms with Gasteiger partial charge < -0.3 is 4.74 Å². The first kappa shape index (κ1) is 24.5. The first-order valence-corrected chi connectivity index (χ1v) is 12.2. The van der Waals surface area contributed by atoms with Crippen LogP contribution in [0.15, 0.2) is 30.3 Å². The summed E-state index contributed by atoms with van der Waals surface area (Å²) in [6.45, 7) is 15.6. The summed E-state index contributed by atoms with van der Waals surface area (Å²) in [5, 5.41) is 13.6. The number of hydrogen-bond donors (Lipinski definition) is 0. The monoisotopic (exact) mass is 463 g/mol. The third-order valence-corrected chi connectivity index (χ3v) is 6.96. The van der Waals surface area contributed by atoms with Gasteiger partial charge in [0.15, 0.2) is 0 Å². The van der Waals surface area contributed by atoms with E-state index in [4.69, 9.17) is 9.57 Å². The van der Waals surface area contributed by atoms with Crippen molar-refractivity contribution in [2.45, 2.75) is 90.3 Å². The first-order valence-electron chi connectivity index (χ1n) is 12.2. The van der Waals surface area contributed by atoms with Crippen LogP contribution in [0.2, 0.25) is 0 Å². The topological polar surface area (TPSA) is 65.8 Å². The van der Waals surface area contributed by atoms with E-state index in [1.807, 2.05) is 51.1 Å². The molecule has 4 rings (SSSR count). The number of nitriles is 1. The normalized spacial score (nSPS) is 21.8. The molecule has 1 atom stereocenters. The van der Waals surface area contributed by atoms with E-state index in [0.717, 1.165) is 34.9 Å². The summed E-state index contributed by atoms with van der Waals surface area (Å²) < 4.78 is 5.73. The lowest BCUT2D eigenvalue weighted by atomic mass is 9.82. The van der Waals surface area contributed by atoms with Crippen molar-refractivity contribution in [1.29, 1.82) is 5.26 Å². The van der Waals surface area contributed by atoms with Gasteiger partial charge in [0, 0.05) is 23.5 Å². The highest BCUT2D eigenvalue weighted by molar-refractivity contribution is 5.99. The highest BCUT2D eigenvalue weighted by Crippen LogP contribution is 2.44. The summed E-state index contributed by atoms with van der Waals surface area (Å²) >= 11 is 0. The van der Waals surface area contributed by atoms with Crippen molar-refractivity contribution in [3.05, 3.63) is 41.5 Å². The van der Waals surface area contributed by atoms with E-state index in [9.17, 15) is 10.1 Å². The zero-order valence-corrected chi connectivity index (χ0v) is 21.6. The van der Waals surface area contributed by atoms with Gasteiger partial charge in [-0.05, 0) is 102 Å². The second kappa shape index (κ2) is 8.55. The molecule has 1 amide bonds. The van der Waals surface area contributed by atoms with Crippen molar-refractivity contribution < 1.29 is 14.4 Å². The second-order valence-electron chi connectivity index (χ2n) is 11.9. The second-order valence-corrected chi connectivity index (χ2v) is 11.9. The van der Waals surface area contributed by atoms with Gasteiger partial charge in [-0.25, -0.2) is 4.79 Å². The van der Waals surface area contributed by atoms with Crippen LogP contribution in [0.25, 0.3) is 10.8 Å². The Hall–Kier alpha value is -2.62. The van der Waals surface area contributed by atoms with Gasteiger partial charge >= 0.3 is 6.09 Å². The predicted molar refractivity (Wildman–Crippen MR) is 135 cm³/mol. The van der Waals surface area contributed by atoms with Crippen LogP contribution < -0.4 is 4.90 Å². The van der Waals surface area contributed by atoms with Crippen LogP contribution in [0.3, 0.4) is 0 Å². The number of piperidine rings is 1. The number of nitrogens with zero attached hydrogens (tertiary/aromatic N) is 3. The summed E-state index contributed by atoms with van der Waals surface area (Å²) in [6, 6.07) is 11.9. The molecule has 2 aromatic rings. The number of hydroxylamine groups is 2. The molecule has 2 aliphatic rings. The number of ether oxygens (including phenoxy) is 1. The smallest absolute Gasteiger partial charge is 0.414 e. The number of anilines is 1. The third kappa shape index (κ3) is 4.64. The van der Waals surface area contributed by atoms with Crippen molar-refractivity contribution in [2.75, 3.05) is 18.1 Å². The Kier molecular flexibility index (Phi) is 6.16. The third-order valence-electron chi connectivity index (χ3n) is 6.96. The van der Waals surface area contributed by atoms with Crippen molar-refractivity contribution in [3.8, 4) is 6.07 Å². The molecule has 34 heavy (non-hydrogen) atoms. The molecule has 0 N–H and O–H groups in total. The molecule has 2 aliphatic heterocycles. The molecule has 0 saturated carbocycles. The molecule has 1 fully saturated rings. The molecule has 1 saturated heterocycles. The van der Waals surface area contributed by atoms with Gasteiger partial charge in [-0.2, -0.15) is 10.3 Å². The molecule has 2 aromatic carbocycles. The number of amides is 1. The van der Waals surface area contributed by atoms with E-state index < -0.39 is 5.60 Å². The molecule has 2 heterocycles. The minimum atomic E-state index is -0.577. The molecular weight excluding hydrogens is 426 g/mol. The van der Waals surface area contributed by atoms with Gasteiger partial charge in [-0.3, -0.25) is 9.74 Å². The van der Waals surface area contributed by atoms with E-state index in [1.165, 1.54) is 6.42 Å². The Morgan fingerprint density at radius 3 is 2.41 bits per heavy atom. The fraction of sp³-hybridized carbons (Fsp3) is 0.571. The van der Waals surface area contributed by atoms with Crippen LogP contribution in [0, 0.1) is 11.3 Å². The van der Waals surface area contributed by atoms with Gasteiger partial charge in [0.25, 0.3) is 0 Å². The Labute approximate surface area is 203 Å². The molecule has 0 aromatic heterocycles. The van der Waals surface area contributed by atoms with Gasteiger partial charge in [0.05, 0.1) is 23.9 Å². The van der Waals surface area contributed by atoms with Gasteiger partial charge in [-0.1, -0.05) is 12.1 Å². The molecular formula is C28H37N3O3. The highest BCUT2D eigenvalue weighted by atomic mass is 16.7. The Morgan fingerprint density at radius 1 is 1.12 bits per heavy atom. The lowest BCUT2D eigenvalue weighted by molar-refractivity contribution is -0.282. The van der Waals surface area contributed by atoms with E-state index in [2.05, 4.69) is 38.8 Å². The van der Waals surface area contributed by atoms with Gasteiger partial charge in [-0.15, -0.1) is 0 Å². The number of rotatable bonds is 3. The first-order chi connectivity index (χ1) is 15.8. The number of benzene rings is 2. The standard InChI is InChI=1S/C28H37N3O3/c1-26(2,3)34-25(32)30-17-21(18-33-31-27(4,5)13-8-14-28(31,6)7)24-22-11-9-19(16-29)15-20(22)10-12-23(24)30/h9-12,15,21H,8,13-14,17-18H2,1-7H3. The maximum Gasteiger partial charge on any atom is 0.414 e. The van der Waals surface area contributed by atoms with Gasteiger partial charge in [0.2, 0.25) is 0 Å². The van der Waals surface area contributed by atoms with E-state index in [-0.39, 0.29) is 23.1 Å². The number of hydrogen-bond acceptors (Lipinski definition) is 5. The Balaban J connectivity index is 1.70. The van der Waals surface area contributed by atoms with Crippen molar-refractivity contribution in [2.24, 2.45) is 0 Å². The van der Waals surface area contributed by atoms with Crippen LogP contribution in [0.4, 0.5) is 10.5 Å². The molecule has 0 aliphatic carbocycles. The van der Waals surface area contributed by atoms with Crippen LogP contribution in [-0.4, -0.2) is 41.0 Å². The summed E-state index contributed by atoms with van der Waals surface area (Å²) in [6.07, 6.45) is 3.01. The molecule has 1 unspecified atom stereocenters. The SMILES string of the molecule is CC(C)(C)OC(=O)N1CC(CON2C(C)(C)CCCC2(C)C)c2c1ccc1cc(C#N)ccc21. The van der Waals surface area contributed by atoms with Crippen LogP contribution in [-0.2, 0) is 9.57 Å². The summed E-state index contributed by atoms with van der Waals surface area (Å²) in [5.41, 5.74) is 1.87. The fourth-order valence-corrected chi connectivity index (χ4v) is 5.60. The Bertz CT molecular complexity index is 1120. The fourth-order valence-electron chi connectivity index (χ4n) is 5.60. The zero-order valence-electron chi connectivity index (χ0n) is 21.6. The predicted octanol–water partition coefficient (Wildman–Crippen LogP) is 6.52. The molecule has 6 heteroatoms.